The molecule has 1 aromatic heterocycles. The first-order valence-electron chi connectivity index (χ1n) is 10.7. The number of nitrogens with one attached hydrogen (secondary N) is 1. The highest BCUT2D eigenvalue weighted by molar-refractivity contribution is 7.99. The number of alkyl halides is 3. The van der Waals surface area contributed by atoms with Gasteiger partial charge in [-0.15, -0.1) is 23.1 Å². The molecule has 0 radical (unpaired) electrons. The summed E-state index contributed by atoms with van der Waals surface area (Å²) in [5.74, 6) is 2.35. The Morgan fingerprint density at radius 3 is 2.71 bits per heavy atom. The summed E-state index contributed by atoms with van der Waals surface area (Å²) in [4.78, 5) is 21.6. The fraction of sp³-hybridized carbons (Fsp3) is 0.619. The Bertz CT molecular complexity index is 952. The van der Waals surface area contributed by atoms with Crippen LogP contribution in [0.5, 0.6) is 0 Å². The summed E-state index contributed by atoms with van der Waals surface area (Å²) < 4.78 is 39.7. The molecule has 10 heteroatoms. The van der Waals surface area contributed by atoms with Crippen LogP contribution < -0.4 is 5.32 Å². The smallest absolute Gasteiger partial charge is 0.331 e. The van der Waals surface area contributed by atoms with Crippen molar-refractivity contribution in [1.82, 2.24) is 20.1 Å². The summed E-state index contributed by atoms with van der Waals surface area (Å²) in [5, 5.41) is 4.36. The molecule has 1 aromatic carbocycles. The van der Waals surface area contributed by atoms with E-state index in [0.717, 1.165) is 78.9 Å². The first-order chi connectivity index (χ1) is 14.9. The molecule has 5 nitrogen and oxygen atoms in total. The van der Waals surface area contributed by atoms with Crippen LogP contribution in [0.2, 0.25) is 0 Å². The van der Waals surface area contributed by atoms with Gasteiger partial charge in [0.1, 0.15) is 0 Å². The Morgan fingerprint density at radius 2 is 2.00 bits per heavy atom. The summed E-state index contributed by atoms with van der Waals surface area (Å²) in [6.07, 6.45) is -1.59. The van der Waals surface area contributed by atoms with Crippen LogP contribution in [0.3, 0.4) is 0 Å². The van der Waals surface area contributed by atoms with Crippen molar-refractivity contribution >= 4 is 39.2 Å². The fourth-order valence-electron chi connectivity index (χ4n) is 4.80. The van der Waals surface area contributed by atoms with Gasteiger partial charge in [-0.05, 0) is 50.6 Å². The lowest BCUT2D eigenvalue weighted by atomic mass is 9.95. The predicted molar refractivity (Wildman–Crippen MR) is 117 cm³/mol. The number of halogens is 3. The van der Waals surface area contributed by atoms with Crippen LogP contribution in [0.4, 0.5) is 13.2 Å². The molecule has 3 aliphatic heterocycles. The van der Waals surface area contributed by atoms with E-state index in [2.05, 4.69) is 15.2 Å². The van der Waals surface area contributed by atoms with Gasteiger partial charge in [0.25, 0.3) is 0 Å². The maximum atomic E-state index is 13.0. The number of rotatable bonds is 3. The largest absolute Gasteiger partial charge is 0.416 e. The molecule has 0 saturated carbocycles. The summed E-state index contributed by atoms with van der Waals surface area (Å²) in [6.45, 7) is 3.55. The zero-order valence-corrected chi connectivity index (χ0v) is 18.7. The number of hydrogen-bond acceptors (Lipinski definition) is 6. The van der Waals surface area contributed by atoms with Crippen molar-refractivity contribution in [2.75, 3.05) is 37.8 Å². The van der Waals surface area contributed by atoms with Crippen molar-refractivity contribution in [3.63, 3.8) is 0 Å². The van der Waals surface area contributed by atoms with E-state index < -0.39 is 11.7 Å². The Hall–Kier alpha value is -1.36. The summed E-state index contributed by atoms with van der Waals surface area (Å²) in [6, 6.07) is 4.13. The second kappa shape index (κ2) is 8.53. The van der Waals surface area contributed by atoms with Crippen molar-refractivity contribution < 1.29 is 18.0 Å². The average Bonchev–Trinajstić information content (AvgIpc) is 3.52. The van der Waals surface area contributed by atoms with Crippen molar-refractivity contribution in [3.8, 4) is 0 Å². The lowest BCUT2D eigenvalue weighted by Crippen LogP contribution is -2.42. The number of hydrogen-bond donors (Lipinski definition) is 1. The molecule has 1 amide bonds. The minimum atomic E-state index is -4.34. The van der Waals surface area contributed by atoms with Crippen molar-refractivity contribution in [2.45, 2.75) is 43.4 Å². The molecular weight excluding hydrogens is 445 g/mol. The highest BCUT2D eigenvalue weighted by atomic mass is 32.2. The van der Waals surface area contributed by atoms with Crippen molar-refractivity contribution in [2.24, 2.45) is 0 Å². The van der Waals surface area contributed by atoms with Gasteiger partial charge in [0.05, 0.1) is 32.7 Å². The molecule has 0 spiro atoms. The van der Waals surface area contributed by atoms with E-state index in [0.29, 0.717) is 11.6 Å². The lowest BCUT2D eigenvalue weighted by molar-refractivity contribution is -0.137. The number of amides is 1. The Balaban J connectivity index is 1.18. The molecule has 1 N–H and O–H groups in total. The van der Waals surface area contributed by atoms with Crippen LogP contribution in [0, 0.1) is 0 Å². The molecule has 3 saturated heterocycles. The van der Waals surface area contributed by atoms with Crippen molar-refractivity contribution in [3.05, 3.63) is 28.8 Å². The lowest BCUT2D eigenvalue weighted by Gasteiger charge is -2.35. The second-order valence-corrected chi connectivity index (χ2v) is 10.7. The molecule has 4 heterocycles. The van der Waals surface area contributed by atoms with Crippen LogP contribution in [0.15, 0.2) is 18.2 Å². The van der Waals surface area contributed by atoms with Crippen molar-refractivity contribution in [1.29, 1.82) is 0 Å². The molecule has 3 aliphatic rings. The van der Waals surface area contributed by atoms with E-state index in [9.17, 15) is 18.0 Å². The van der Waals surface area contributed by atoms with E-state index in [4.69, 9.17) is 0 Å². The summed E-state index contributed by atoms with van der Waals surface area (Å²) in [7, 11) is 0. The van der Waals surface area contributed by atoms with E-state index in [1.54, 1.807) is 11.8 Å². The van der Waals surface area contributed by atoms with Gasteiger partial charge in [-0.1, -0.05) is 0 Å². The van der Waals surface area contributed by atoms with E-state index >= 15 is 0 Å². The number of aromatic nitrogens is 1. The Morgan fingerprint density at radius 1 is 1.19 bits per heavy atom. The average molecular weight is 471 g/mol. The minimum absolute atomic E-state index is 0.0755. The number of benzene rings is 1. The first-order valence-corrected chi connectivity index (χ1v) is 12.7. The van der Waals surface area contributed by atoms with Crippen LogP contribution in [0.25, 0.3) is 10.2 Å². The molecular formula is C21H25F3N4OS2. The third-order valence-corrected chi connectivity index (χ3v) is 8.76. The number of fused-ring (bicyclic) bond motifs is 1. The summed E-state index contributed by atoms with van der Waals surface area (Å²) >= 11 is 3.32. The van der Waals surface area contributed by atoms with Gasteiger partial charge in [-0.3, -0.25) is 9.69 Å². The van der Waals surface area contributed by atoms with E-state index in [1.807, 2.05) is 4.90 Å². The van der Waals surface area contributed by atoms with Gasteiger partial charge >= 0.3 is 6.18 Å². The van der Waals surface area contributed by atoms with Crippen LogP contribution in [0.1, 0.15) is 35.8 Å². The fourth-order valence-corrected chi connectivity index (χ4v) is 6.87. The topological polar surface area (TPSA) is 48.5 Å². The predicted octanol–water partition coefficient (Wildman–Crippen LogP) is 3.76. The molecule has 3 fully saturated rings. The van der Waals surface area contributed by atoms with Crippen LogP contribution >= 0.6 is 23.1 Å². The van der Waals surface area contributed by atoms with Crippen LogP contribution in [-0.2, 0) is 11.0 Å². The third-order valence-electron chi connectivity index (χ3n) is 6.60. The molecule has 168 valence electrons. The SMILES string of the molecule is O=C([C@@H]1C[C@H](N2CCC(c3nc4cc(C(F)(F)F)ccc4s3)CC2)CN1)N1CCSC1. The van der Waals surface area contributed by atoms with E-state index in [1.165, 1.54) is 17.4 Å². The first kappa shape index (κ1) is 21.5. The standard InChI is InChI=1S/C21H25F3N4OS2/c22-21(23,24)14-1-2-18-16(9-14)26-19(31-18)13-3-5-27(6-4-13)15-10-17(25-11-15)20(29)28-7-8-30-12-28/h1-2,9,13,15,17,25H,3-8,10-12H2/t15-,17-/m0/s1. The Labute approximate surface area is 187 Å². The van der Waals surface area contributed by atoms with Gasteiger partial charge in [0.2, 0.25) is 5.91 Å². The Kier molecular flexibility index (Phi) is 5.91. The van der Waals surface area contributed by atoms with Gasteiger partial charge in [-0.25, -0.2) is 4.98 Å². The molecule has 0 unspecified atom stereocenters. The highest BCUT2D eigenvalue weighted by Gasteiger charge is 2.37. The second-order valence-electron chi connectivity index (χ2n) is 8.53. The number of nitrogens with zero attached hydrogens (tertiary/aromatic N) is 3. The molecule has 0 bridgehead atoms. The normalized spacial score (nSPS) is 26.2. The molecule has 31 heavy (non-hydrogen) atoms. The maximum Gasteiger partial charge on any atom is 0.416 e. The van der Waals surface area contributed by atoms with Gasteiger partial charge < -0.3 is 10.2 Å². The summed E-state index contributed by atoms with van der Waals surface area (Å²) in [5.41, 5.74) is -0.198. The minimum Gasteiger partial charge on any atom is -0.331 e. The quantitative estimate of drug-likeness (QED) is 0.740. The molecule has 2 aromatic rings. The van der Waals surface area contributed by atoms with Gasteiger partial charge in [-0.2, -0.15) is 13.2 Å². The number of thiazole rings is 1. The maximum absolute atomic E-state index is 13.0. The number of likely N-dealkylation sites (tertiary alicyclic amines) is 1. The number of thioether (sulfide) groups is 1. The zero-order chi connectivity index (χ0) is 21.6. The van der Waals surface area contributed by atoms with Gasteiger partial charge in [0.15, 0.2) is 0 Å². The number of carbonyl (C=O) groups is 1. The molecule has 2 atom stereocenters. The van der Waals surface area contributed by atoms with E-state index in [-0.39, 0.29) is 17.9 Å². The molecule has 0 aliphatic carbocycles. The number of carbonyl (C=O) groups excluding carboxylic acids is 1. The third kappa shape index (κ3) is 4.44. The van der Waals surface area contributed by atoms with Crippen LogP contribution in [-0.4, -0.2) is 70.6 Å². The zero-order valence-electron chi connectivity index (χ0n) is 17.0. The highest BCUT2D eigenvalue weighted by Crippen LogP contribution is 2.37. The monoisotopic (exact) mass is 470 g/mol. The van der Waals surface area contributed by atoms with Gasteiger partial charge in [0, 0.05) is 30.8 Å². The molecule has 5 rings (SSSR count). The number of piperidine rings is 1.